The second-order valence-corrected chi connectivity index (χ2v) is 6.04. The molecule has 2 nitrogen and oxygen atoms in total. The van der Waals surface area contributed by atoms with Gasteiger partial charge in [-0.3, -0.25) is 4.79 Å². The van der Waals surface area contributed by atoms with Crippen LogP contribution >= 0.6 is 15.9 Å². The molecule has 0 aromatic heterocycles. The number of nitrogens with zero attached hydrogens (tertiary/aromatic N) is 1. The second kappa shape index (κ2) is 6.63. The Balaban J connectivity index is 2.30. The highest BCUT2D eigenvalue weighted by molar-refractivity contribution is 9.09. The van der Waals surface area contributed by atoms with Crippen molar-refractivity contribution < 1.29 is 4.79 Å². The number of halogens is 1. The summed E-state index contributed by atoms with van der Waals surface area (Å²) in [5.41, 5.74) is -0.0514. The fraction of sp³-hybridized carbons (Fsp3) is 0.923. The number of carbonyl (C=O) groups is 1. The predicted octanol–water partition coefficient (Wildman–Crippen LogP) is 3.59. The molecule has 0 saturated heterocycles. The molecule has 0 heterocycles. The van der Waals surface area contributed by atoms with Gasteiger partial charge >= 0.3 is 0 Å². The Morgan fingerprint density at radius 2 is 1.88 bits per heavy atom. The van der Waals surface area contributed by atoms with Crippen molar-refractivity contribution in [1.82, 2.24) is 4.90 Å². The Morgan fingerprint density at radius 3 is 2.44 bits per heavy atom. The molecule has 0 aliphatic heterocycles. The highest BCUT2D eigenvalue weighted by Gasteiger charge is 2.37. The van der Waals surface area contributed by atoms with Gasteiger partial charge in [-0.15, -0.1) is 0 Å². The van der Waals surface area contributed by atoms with Crippen LogP contribution in [0.15, 0.2) is 0 Å². The first-order valence-electron chi connectivity index (χ1n) is 6.42. The van der Waals surface area contributed by atoms with Crippen molar-refractivity contribution in [2.75, 3.05) is 18.9 Å². The van der Waals surface area contributed by atoms with Crippen molar-refractivity contribution in [3.05, 3.63) is 0 Å². The minimum absolute atomic E-state index is 0.0514. The van der Waals surface area contributed by atoms with Crippen LogP contribution in [-0.4, -0.2) is 29.7 Å². The smallest absolute Gasteiger partial charge is 0.228 e. The summed E-state index contributed by atoms with van der Waals surface area (Å²) in [6.07, 6.45) is 8.15. The van der Waals surface area contributed by atoms with E-state index in [0.29, 0.717) is 5.91 Å². The van der Waals surface area contributed by atoms with E-state index in [1.54, 1.807) is 0 Å². The fourth-order valence-corrected chi connectivity index (χ4v) is 2.95. The lowest BCUT2D eigenvalue weighted by Crippen LogP contribution is -2.39. The van der Waals surface area contributed by atoms with Crippen LogP contribution in [0.3, 0.4) is 0 Å². The molecule has 0 atom stereocenters. The Bertz CT molecular complexity index is 224. The number of hydrogen-bond donors (Lipinski definition) is 0. The summed E-state index contributed by atoms with van der Waals surface area (Å²) in [4.78, 5) is 14.2. The van der Waals surface area contributed by atoms with Crippen molar-refractivity contribution in [3.8, 4) is 0 Å². The Labute approximate surface area is 108 Å². The molecule has 0 spiro atoms. The second-order valence-electron chi connectivity index (χ2n) is 5.24. The molecule has 1 fully saturated rings. The largest absolute Gasteiger partial charge is 0.345 e. The molecule has 16 heavy (non-hydrogen) atoms. The summed E-state index contributed by atoms with van der Waals surface area (Å²) in [5.74, 6) is 0.365. The van der Waals surface area contributed by atoms with Gasteiger partial charge < -0.3 is 4.90 Å². The number of carbonyl (C=O) groups excluding carboxylic acids is 1. The first kappa shape index (κ1) is 14.0. The van der Waals surface area contributed by atoms with E-state index in [0.717, 1.165) is 31.1 Å². The van der Waals surface area contributed by atoms with Gasteiger partial charge in [-0.1, -0.05) is 42.1 Å². The van der Waals surface area contributed by atoms with Gasteiger partial charge in [0.15, 0.2) is 0 Å². The molecule has 0 radical (unpaired) electrons. The Morgan fingerprint density at radius 1 is 1.25 bits per heavy atom. The van der Waals surface area contributed by atoms with Crippen LogP contribution < -0.4 is 0 Å². The molecule has 3 heteroatoms. The monoisotopic (exact) mass is 289 g/mol. The summed E-state index contributed by atoms with van der Waals surface area (Å²) >= 11 is 3.43. The van der Waals surface area contributed by atoms with Crippen LogP contribution in [0, 0.1) is 5.41 Å². The van der Waals surface area contributed by atoms with Gasteiger partial charge in [-0.2, -0.15) is 0 Å². The molecule has 1 aliphatic carbocycles. The molecule has 0 N–H and O–H groups in total. The zero-order valence-corrected chi connectivity index (χ0v) is 12.2. The number of amides is 1. The number of alkyl halides is 1. The molecule has 0 aromatic carbocycles. The van der Waals surface area contributed by atoms with Crippen LogP contribution in [0.2, 0.25) is 0 Å². The third kappa shape index (κ3) is 3.76. The van der Waals surface area contributed by atoms with E-state index >= 15 is 0 Å². The maximum atomic E-state index is 12.2. The first-order chi connectivity index (χ1) is 7.60. The van der Waals surface area contributed by atoms with Crippen LogP contribution in [-0.2, 0) is 4.79 Å². The average molecular weight is 290 g/mol. The Kier molecular flexibility index (Phi) is 5.81. The SMILES string of the molecule is CN(CCCCCBr)C(=O)C1(C)CCCC1. The lowest BCUT2D eigenvalue weighted by Gasteiger charge is -2.28. The molecule has 1 rings (SSSR count). The minimum atomic E-state index is -0.0514. The summed E-state index contributed by atoms with van der Waals surface area (Å²) in [7, 11) is 1.96. The van der Waals surface area contributed by atoms with Crippen LogP contribution in [0.1, 0.15) is 51.9 Å². The van der Waals surface area contributed by atoms with Crippen molar-refractivity contribution in [3.63, 3.8) is 0 Å². The maximum Gasteiger partial charge on any atom is 0.228 e. The van der Waals surface area contributed by atoms with E-state index in [2.05, 4.69) is 22.9 Å². The molecule has 1 aliphatic rings. The van der Waals surface area contributed by atoms with Crippen LogP contribution in [0.25, 0.3) is 0 Å². The molecular weight excluding hydrogens is 266 g/mol. The molecular formula is C13H24BrNO. The lowest BCUT2D eigenvalue weighted by molar-refractivity contribution is -0.139. The maximum absolute atomic E-state index is 12.2. The third-order valence-corrected chi connectivity index (χ3v) is 4.26. The van der Waals surface area contributed by atoms with Crippen molar-refractivity contribution in [1.29, 1.82) is 0 Å². The molecule has 1 amide bonds. The summed E-state index contributed by atoms with van der Waals surface area (Å²) in [6.45, 7) is 3.05. The van der Waals surface area contributed by atoms with Gasteiger partial charge in [0, 0.05) is 24.3 Å². The highest BCUT2D eigenvalue weighted by Crippen LogP contribution is 2.38. The van der Waals surface area contributed by atoms with Gasteiger partial charge in [0.05, 0.1) is 0 Å². The molecule has 0 bridgehead atoms. The summed E-state index contributed by atoms with van der Waals surface area (Å²) < 4.78 is 0. The minimum Gasteiger partial charge on any atom is -0.345 e. The van der Waals surface area contributed by atoms with Gasteiger partial charge in [0.25, 0.3) is 0 Å². The normalized spacial score (nSPS) is 18.7. The van der Waals surface area contributed by atoms with E-state index in [1.807, 2.05) is 11.9 Å². The number of rotatable bonds is 6. The van der Waals surface area contributed by atoms with Crippen molar-refractivity contribution in [2.45, 2.75) is 51.9 Å². The molecule has 1 saturated carbocycles. The van der Waals surface area contributed by atoms with Gasteiger partial charge in [0.2, 0.25) is 5.91 Å². The van der Waals surface area contributed by atoms with E-state index in [9.17, 15) is 4.79 Å². The number of hydrogen-bond acceptors (Lipinski definition) is 1. The van der Waals surface area contributed by atoms with E-state index < -0.39 is 0 Å². The van der Waals surface area contributed by atoms with Gasteiger partial charge in [-0.05, 0) is 25.7 Å². The summed E-state index contributed by atoms with van der Waals surface area (Å²) in [5, 5.41) is 1.07. The molecule has 0 aromatic rings. The summed E-state index contributed by atoms with van der Waals surface area (Å²) in [6, 6.07) is 0. The fourth-order valence-electron chi connectivity index (χ4n) is 2.55. The predicted molar refractivity (Wildman–Crippen MR) is 71.9 cm³/mol. The zero-order chi connectivity index (χ0) is 12.0. The van der Waals surface area contributed by atoms with Crippen LogP contribution in [0.5, 0.6) is 0 Å². The highest BCUT2D eigenvalue weighted by atomic mass is 79.9. The third-order valence-electron chi connectivity index (χ3n) is 3.70. The topological polar surface area (TPSA) is 20.3 Å². The zero-order valence-electron chi connectivity index (χ0n) is 10.6. The lowest BCUT2D eigenvalue weighted by atomic mass is 9.87. The van der Waals surface area contributed by atoms with Crippen molar-refractivity contribution >= 4 is 21.8 Å². The van der Waals surface area contributed by atoms with Crippen LogP contribution in [0.4, 0.5) is 0 Å². The van der Waals surface area contributed by atoms with Gasteiger partial charge in [-0.25, -0.2) is 0 Å². The standard InChI is InChI=1S/C13H24BrNO/c1-13(8-4-5-9-13)12(16)15(2)11-7-3-6-10-14/h3-11H2,1-2H3. The van der Waals surface area contributed by atoms with E-state index in [1.165, 1.54) is 25.7 Å². The quantitative estimate of drug-likeness (QED) is 0.541. The molecule has 0 unspecified atom stereocenters. The molecule has 94 valence electrons. The Hall–Kier alpha value is -0.0500. The first-order valence-corrected chi connectivity index (χ1v) is 7.54. The average Bonchev–Trinajstić information content (AvgIpc) is 2.71. The van der Waals surface area contributed by atoms with E-state index in [4.69, 9.17) is 0 Å². The van der Waals surface area contributed by atoms with E-state index in [-0.39, 0.29) is 5.41 Å². The van der Waals surface area contributed by atoms with Crippen molar-refractivity contribution in [2.24, 2.45) is 5.41 Å². The van der Waals surface area contributed by atoms with Gasteiger partial charge in [0.1, 0.15) is 0 Å². The number of unbranched alkanes of at least 4 members (excludes halogenated alkanes) is 2.